The minimum absolute atomic E-state index is 0.118. The normalized spacial score (nSPS) is 20.3. The maximum Gasteiger partial charge on any atom is 0.245 e. The molecule has 1 aliphatic heterocycles. The van der Waals surface area contributed by atoms with Crippen LogP contribution < -0.4 is 4.74 Å². The number of phenols is 4. The molecule has 0 aromatic heterocycles. The topological polar surface area (TPSA) is 127 Å². The van der Waals surface area contributed by atoms with Crippen molar-refractivity contribution in [3.63, 3.8) is 0 Å². The Morgan fingerprint density at radius 3 is 2.32 bits per heavy atom. The van der Waals surface area contributed by atoms with Crippen molar-refractivity contribution >= 4 is 5.78 Å². The van der Waals surface area contributed by atoms with E-state index in [1.807, 2.05) is 0 Å². The molecule has 5 N–H and O–H groups in total. The van der Waals surface area contributed by atoms with Gasteiger partial charge < -0.3 is 30.3 Å². The molecule has 0 aliphatic carbocycles. The molecule has 7 nitrogen and oxygen atoms in total. The predicted molar refractivity (Wildman–Crippen MR) is 73.0 cm³/mol. The lowest BCUT2D eigenvalue weighted by Gasteiger charge is -2.34. The Bertz CT molecular complexity index is 784. The standard InChI is InChI=1S/C15H12O7/c16-7-1-2-9(10(18)3-7)15(21)6-12(20)14-11(19)4-8(17)5-13(14)22-15/h1-5,16-19,21H,6H2. The smallest absolute Gasteiger partial charge is 0.245 e. The fraction of sp³-hybridized carbons (Fsp3) is 0.133. The fourth-order valence-electron chi connectivity index (χ4n) is 2.47. The van der Waals surface area contributed by atoms with Gasteiger partial charge >= 0.3 is 0 Å². The molecule has 3 rings (SSSR count). The number of ether oxygens (including phenoxy) is 1. The number of aliphatic hydroxyl groups is 1. The highest BCUT2D eigenvalue weighted by Gasteiger charge is 2.43. The van der Waals surface area contributed by atoms with Crippen LogP contribution in [0.25, 0.3) is 0 Å². The first-order valence-electron chi connectivity index (χ1n) is 6.33. The maximum absolute atomic E-state index is 12.2. The number of carbonyl (C=O) groups is 1. The third-order valence-electron chi connectivity index (χ3n) is 3.43. The summed E-state index contributed by atoms with van der Waals surface area (Å²) in [6.07, 6.45) is -0.545. The third kappa shape index (κ3) is 2.08. The van der Waals surface area contributed by atoms with Crippen LogP contribution in [0.3, 0.4) is 0 Å². The van der Waals surface area contributed by atoms with Crippen molar-refractivity contribution in [1.82, 2.24) is 0 Å². The monoisotopic (exact) mass is 304 g/mol. The maximum atomic E-state index is 12.2. The number of hydrogen-bond donors (Lipinski definition) is 5. The molecule has 0 radical (unpaired) electrons. The quantitative estimate of drug-likeness (QED) is 0.537. The molecule has 0 spiro atoms. The lowest BCUT2D eigenvalue weighted by molar-refractivity contribution is -0.148. The van der Waals surface area contributed by atoms with Crippen LogP contribution in [0.4, 0.5) is 0 Å². The van der Waals surface area contributed by atoms with Crippen LogP contribution in [-0.4, -0.2) is 31.3 Å². The number of carbonyl (C=O) groups excluding carboxylic acids is 1. The predicted octanol–water partition coefficient (Wildman–Crippen LogP) is 1.32. The van der Waals surface area contributed by atoms with E-state index in [9.17, 15) is 30.3 Å². The molecule has 2 aromatic carbocycles. The van der Waals surface area contributed by atoms with Crippen LogP contribution in [0, 0.1) is 0 Å². The van der Waals surface area contributed by atoms with Crippen LogP contribution in [0.5, 0.6) is 28.7 Å². The minimum Gasteiger partial charge on any atom is -0.508 e. The summed E-state index contributed by atoms with van der Waals surface area (Å²) in [6.45, 7) is 0. The molecule has 0 amide bonds. The Hall–Kier alpha value is -2.93. The molecular weight excluding hydrogens is 292 g/mol. The van der Waals surface area contributed by atoms with Gasteiger partial charge in [-0.15, -0.1) is 0 Å². The summed E-state index contributed by atoms with van der Waals surface area (Å²) in [5.74, 6) is -4.48. The van der Waals surface area contributed by atoms with Gasteiger partial charge in [-0.1, -0.05) is 0 Å². The Kier molecular flexibility index (Phi) is 2.89. The Morgan fingerprint density at radius 2 is 1.64 bits per heavy atom. The summed E-state index contributed by atoms with van der Waals surface area (Å²) in [6, 6.07) is 5.50. The van der Waals surface area contributed by atoms with Crippen molar-refractivity contribution in [2.75, 3.05) is 0 Å². The molecule has 0 saturated carbocycles. The molecular formula is C15H12O7. The zero-order valence-electron chi connectivity index (χ0n) is 11.1. The zero-order chi connectivity index (χ0) is 16.1. The van der Waals surface area contributed by atoms with Gasteiger partial charge in [-0.2, -0.15) is 0 Å². The van der Waals surface area contributed by atoms with Crippen LogP contribution >= 0.6 is 0 Å². The van der Waals surface area contributed by atoms with Crippen molar-refractivity contribution in [3.8, 4) is 28.7 Å². The number of fused-ring (bicyclic) bond motifs is 1. The molecule has 0 fully saturated rings. The van der Waals surface area contributed by atoms with Crippen molar-refractivity contribution in [1.29, 1.82) is 0 Å². The van der Waals surface area contributed by atoms with E-state index in [-0.39, 0.29) is 28.4 Å². The first-order valence-corrected chi connectivity index (χ1v) is 6.33. The zero-order valence-corrected chi connectivity index (χ0v) is 11.1. The summed E-state index contributed by atoms with van der Waals surface area (Å²) in [7, 11) is 0. The van der Waals surface area contributed by atoms with E-state index in [1.54, 1.807) is 0 Å². The molecule has 0 saturated heterocycles. The van der Waals surface area contributed by atoms with E-state index < -0.39 is 29.5 Å². The van der Waals surface area contributed by atoms with Crippen molar-refractivity contribution in [2.24, 2.45) is 0 Å². The van der Waals surface area contributed by atoms with Gasteiger partial charge in [0.2, 0.25) is 5.79 Å². The van der Waals surface area contributed by atoms with E-state index in [2.05, 4.69) is 0 Å². The van der Waals surface area contributed by atoms with Crippen LogP contribution in [0.2, 0.25) is 0 Å². The van der Waals surface area contributed by atoms with Crippen LogP contribution in [0.1, 0.15) is 22.3 Å². The second-order valence-electron chi connectivity index (χ2n) is 5.03. The number of Topliss-reactive ketones (excluding diaryl/α,β-unsaturated/α-hetero) is 1. The minimum atomic E-state index is -2.18. The van der Waals surface area contributed by atoms with Crippen molar-refractivity contribution < 1.29 is 35.1 Å². The Balaban J connectivity index is 2.13. The van der Waals surface area contributed by atoms with Gasteiger partial charge in [0.25, 0.3) is 0 Å². The first kappa shape index (κ1) is 14.0. The van der Waals surface area contributed by atoms with Crippen molar-refractivity contribution in [3.05, 3.63) is 41.5 Å². The highest BCUT2D eigenvalue weighted by Crippen LogP contribution is 2.45. The average Bonchev–Trinajstić information content (AvgIpc) is 2.35. The molecule has 2 aromatic rings. The van der Waals surface area contributed by atoms with Gasteiger partial charge in [-0.25, -0.2) is 0 Å². The van der Waals surface area contributed by atoms with E-state index in [0.29, 0.717) is 0 Å². The highest BCUT2D eigenvalue weighted by atomic mass is 16.6. The second-order valence-corrected chi connectivity index (χ2v) is 5.03. The fourth-order valence-corrected chi connectivity index (χ4v) is 2.47. The van der Waals surface area contributed by atoms with E-state index in [1.165, 1.54) is 12.1 Å². The second kappa shape index (κ2) is 4.54. The number of ketones is 1. The highest BCUT2D eigenvalue weighted by molar-refractivity contribution is 6.03. The van der Waals surface area contributed by atoms with Gasteiger partial charge in [0, 0.05) is 18.2 Å². The molecule has 7 heteroatoms. The molecule has 22 heavy (non-hydrogen) atoms. The third-order valence-corrected chi connectivity index (χ3v) is 3.43. The lowest BCUT2D eigenvalue weighted by Crippen LogP contribution is -2.39. The summed E-state index contributed by atoms with van der Waals surface area (Å²) in [5, 5.41) is 48.9. The Labute approximate surface area is 124 Å². The SMILES string of the molecule is O=C1CC(O)(c2ccc(O)cc2O)Oc2cc(O)cc(O)c21. The molecule has 114 valence electrons. The molecule has 1 heterocycles. The number of hydrogen-bond acceptors (Lipinski definition) is 7. The van der Waals surface area contributed by atoms with Gasteiger partial charge in [-0.05, 0) is 12.1 Å². The van der Waals surface area contributed by atoms with Gasteiger partial charge in [0.15, 0.2) is 5.78 Å². The summed E-state index contributed by atoms with van der Waals surface area (Å²) in [5.41, 5.74) is -0.270. The summed E-state index contributed by atoms with van der Waals surface area (Å²) in [4.78, 5) is 12.2. The summed E-state index contributed by atoms with van der Waals surface area (Å²) >= 11 is 0. The van der Waals surface area contributed by atoms with Crippen molar-refractivity contribution in [2.45, 2.75) is 12.2 Å². The van der Waals surface area contributed by atoms with Gasteiger partial charge in [-0.3, -0.25) is 4.79 Å². The average molecular weight is 304 g/mol. The lowest BCUT2D eigenvalue weighted by atomic mass is 9.92. The number of rotatable bonds is 1. The van der Waals surface area contributed by atoms with Crippen LogP contribution in [-0.2, 0) is 5.79 Å². The molecule has 1 aliphatic rings. The number of aromatic hydroxyl groups is 4. The molecule has 1 unspecified atom stereocenters. The summed E-state index contributed by atoms with van der Waals surface area (Å²) < 4.78 is 5.33. The Morgan fingerprint density at radius 1 is 0.955 bits per heavy atom. The van der Waals surface area contributed by atoms with Gasteiger partial charge in [0.1, 0.15) is 34.3 Å². The largest absolute Gasteiger partial charge is 0.508 e. The number of phenolic OH excluding ortho intramolecular Hbond substituents is 4. The van der Waals surface area contributed by atoms with E-state index >= 15 is 0 Å². The van der Waals surface area contributed by atoms with E-state index in [4.69, 9.17) is 4.74 Å². The first-order chi connectivity index (χ1) is 10.3. The van der Waals surface area contributed by atoms with E-state index in [0.717, 1.165) is 18.2 Å². The van der Waals surface area contributed by atoms with Gasteiger partial charge in [0.05, 0.1) is 12.0 Å². The molecule has 0 bridgehead atoms. The van der Waals surface area contributed by atoms with Crippen LogP contribution in [0.15, 0.2) is 30.3 Å². The molecule has 1 atom stereocenters. The number of benzene rings is 2.